The Morgan fingerprint density at radius 1 is 1.27 bits per heavy atom. The Morgan fingerprint density at radius 3 is 2.60 bits per heavy atom. The van der Waals surface area contributed by atoms with Crippen molar-refractivity contribution < 1.29 is 9.59 Å². The number of likely N-dealkylation sites (tertiary alicyclic amines) is 1. The van der Waals surface area contributed by atoms with Crippen molar-refractivity contribution in [2.45, 2.75) is 24.7 Å². The maximum absolute atomic E-state index is 12.4. The molecule has 0 aliphatic carbocycles. The number of nitrogens with zero attached hydrogens (tertiary/aromatic N) is 2. The average Bonchev–Trinajstić information content (AvgIpc) is 3.29. The second-order valence-electron chi connectivity index (χ2n) is 6.38. The van der Waals surface area contributed by atoms with Crippen LogP contribution in [0.3, 0.4) is 0 Å². The van der Waals surface area contributed by atoms with E-state index in [4.69, 9.17) is 0 Å². The van der Waals surface area contributed by atoms with Crippen LogP contribution in [0.5, 0.6) is 0 Å². The molecule has 1 aliphatic rings. The van der Waals surface area contributed by atoms with Crippen molar-refractivity contribution in [3.63, 3.8) is 0 Å². The van der Waals surface area contributed by atoms with Crippen LogP contribution in [-0.2, 0) is 4.79 Å². The van der Waals surface area contributed by atoms with Crippen LogP contribution in [0.4, 0.5) is 11.4 Å². The van der Waals surface area contributed by atoms with E-state index in [0.29, 0.717) is 5.56 Å². The van der Waals surface area contributed by atoms with Crippen molar-refractivity contribution >= 4 is 69.9 Å². The Balaban J connectivity index is 0.000000386. The van der Waals surface area contributed by atoms with E-state index in [-0.39, 0.29) is 5.91 Å². The molecule has 2 aromatic rings. The van der Waals surface area contributed by atoms with Crippen molar-refractivity contribution in [1.82, 2.24) is 4.90 Å². The molecular weight excluding hydrogens is 482 g/mol. The first-order valence-electron chi connectivity index (χ1n) is 9.65. The standard InChI is InChI=1S/C17H17BrN2OS2.C5H9NO/c1-3-22-11-23-16-10-12(8-9-15(16)19-2)20-17(21)13-6-4-5-7-14(13)18;7-5-6-3-1-2-4-6/h4-10H,2-3,11H2,1H3,(H,20,21);5H,1-4H2. The first-order chi connectivity index (χ1) is 14.6. The predicted molar refractivity (Wildman–Crippen MR) is 133 cm³/mol. The minimum absolute atomic E-state index is 0.143. The number of carbonyl (C=O) groups is 2. The molecule has 1 saturated heterocycles. The smallest absolute Gasteiger partial charge is 0.256 e. The molecular formula is C22H26BrN3O2S2. The van der Waals surface area contributed by atoms with Gasteiger partial charge in [0.25, 0.3) is 5.91 Å². The highest BCUT2D eigenvalue weighted by molar-refractivity contribution is 9.10. The number of hydrogen-bond donors (Lipinski definition) is 1. The number of amides is 2. The van der Waals surface area contributed by atoms with E-state index in [1.807, 2.05) is 48.2 Å². The molecule has 1 N–H and O–H groups in total. The Labute approximate surface area is 195 Å². The maximum Gasteiger partial charge on any atom is 0.256 e. The molecule has 1 heterocycles. The highest BCUT2D eigenvalue weighted by atomic mass is 79.9. The molecule has 160 valence electrons. The van der Waals surface area contributed by atoms with Crippen LogP contribution in [0.2, 0.25) is 0 Å². The van der Waals surface area contributed by atoms with Gasteiger partial charge in [-0.2, -0.15) is 11.8 Å². The number of anilines is 1. The molecule has 0 radical (unpaired) electrons. The van der Waals surface area contributed by atoms with Crippen molar-refractivity contribution in [3.05, 3.63) is 52.5 Å². The van der Waals surface area contributed by atoms with Gasteiger partial charge in [-0.1, -0.05) is 19.1 Å². The van der Waals surface area contributed by atoms with Crippen LogP contribution in [-0.4, -0.2) is 47.9 Å². The lowest BCUT2D eigenvalue weighted by Crippen LogP contribution is -2.15. The van der Waals surface area contributed by atoms with Crippen LogP contribution in [0.1, 0.15) is 30.1 Å². The summed E-state index contributed by atoms with van der Waals surface area (Å²) in [5.41, 5.74) is 2.20. The topological polar surface area (TPSA) is 61.8 Å². The Morgan fingerprint density at radius 2 is 2.00 bits per heavy atom. The molecule has 0 aromatic heterocycles. The fourth-order valence-electron chi connectivity index (χ4n) is 2.72. The van der Waals surface area contributed by atoms with Gasteiger partial charge in [0.1, 0.15) is 0 Å². The van der Waals surface area contributed by atoms with Crippen molar-refractivity contribution in [1.29, 1.82) is 0 Å². The highest BCUT2D eigenvalue weighted by Gasteiger charge is 2.11. The molecule has 1 fully saturated rings. The number of nitrogens with one attached hydrogen (secondary N) is 1. The van der Waals surface area contributed by atoms with Crippen LogP contribution in [0.25, 0.3) is 0 Å². The van der Waals surface area contributed by atoms with Gasteiger partial charge in [-0.15, -0.1) is 11.8 Å². The number of aliphatic imine (C=N–C) groups is 1. The van der Waals surface area contributed by atoms with Gasteiger partial charge in [-0.05, 0) is 71.6 Å². The zero-order valence-electron chi connectivity index (χ0n) is 17.0. The van der Waals surface area contributed by atoms with Gasteiger partial charge in [0.2, 0.25) is 6.41 Å². The lowest BCUT2D eigenvalue weighted by molar-refractivity contribution is -0.117. The average molecular weight is 509 g/mol. The van der Waals surface area contributed by atoms with Crippen LogP contribution >= 0.6 is 39.5 Å². The summed E-state index contributed by atoms with van der Waals surface area (Å²) < 4.78 is 0.774. The number of rotatable bonds is 8. The van der Waals surface area contributed by atoms with Gasteiger partial charge in [-0.25, -0.2) is 0 Å². The second-order valence-corrected chi connectivity index (χ2v) is 9.89. The molecule has 3 rings (SSSR count). The minimum atomic E-state index is -0.143. The highest BCUT2D eigenvalue weighted by Crippen LogP contribution is 2.34. The minimum Gasteiger partial charge on any atom is -0.345 e. The lowest BCUT2D eigenvalue weighted by Gasteiger charge is -2.10. The molecule has 2 amide bonds. The van der Waals surface area contributed by atoms with Gasteiger partial charge >= 0.3 is 0 Å². The summed E-state index contributed by atoms with van der Waals surface area (Å²) in [6, 6.07) is 13.0. The van der Waals surface area contributed by atoms with E-state index >= 15 is 0 Å². The summed E-state index contributed by atoms with van der Waals surface area (Å²) in [6.07, 6.45) is 3.31. The molecule has 1 aliphatic heterocycles. The Bertz CT molecular complexity index is 858. The summed E-state index contributed by atoms with van der Waals surface area (Å²) in [5.74, 6) is 0.929. The van der Waals surface area contributed by atoms with Crippen molar-refractivity contribution in [3.8, 4) is 0 Å². The summed E-state index contributed by atoms with van der Waals surface area (Å²) in [6.45, 7) is 7.69. The fraction of sp³-hybridized carbons (Fsp3) is 0.318. The predicted octanol–water partition coefficient (Wildman–Crippen LogP) is 6.07. The summed E-state index contributed by atoms with van der Waals surface area (Å²) in [7, 11) is 0. The quantitative estimate of drug-likeness (QED) is 0.155. The fourth-order valence-corrected chi connectivity index (χ4v) is 5.18. The molecule has 30 heavy (non-hydrogen) atoms. The SMILES string of the molecule is C=Nc1ccc(NC(=O)c2ccccc2Br)cc1SCSCC.O=CN1CCCC1. The normalized spacial score (nSPS) is 12.7. The molecule has 0 bridgehead atoms. The summed E-state index contributed by atoms with van der Waals surface area (Å²) in [5, 5.41) is 3.88. The Kier molecular flexibility index (Phi) is 11.0. The van der Waals surface area contributed by atoms with Crippen LogP contribution in [0.15, 0.2) is 56.8 Å². The van der Waals surface area contributed by atoms with Gasteiger partial charge in [0, 0.05) is 33.2 Å². The lowest BCUT2D eigenvalue weighted by atomic mass is 10.2. The molecule has 8 heteroatoms. The third-order valence-electron chi connectivity index (χ3n) is 4.30. The third kappa shape index (κ3) is 7.81. The zero-order chi connectivity index (χ0) is 21.8. The van der Waals surface area contributed by atoms with E-state index in [2.05, 4.69) is 39.9 Å². The van der Waals surface area contributed by atoms with Crippen molar-refractivity contribution in [2.75, 3.05) is 29.2 Å². The second kappa shape index (κ2) is 13.5. The van der Waals surface area contributed by atoms with E-state index in [9.17, 15) is 9.59 Å². The van der Waals surface area contributed by atoms with Gasteiger partial charge in [0.05, 0.1) is 11.3 Å². The van der Waals surface area contributed by atoms with E-state index < -0.39 is 0 Å². The zero-order valence-corrected chi connectivity index (χ0v) is 20.2. The Hall–Kier alpha value is -1.77. The maximum atomic E-state index is 12.4. The van der Waals surface area contributed by atoms with Crippen LogP contribution in [0, 0.1) is 0 Å². The van der Waals surface area contributed by atoms with E-state index in [1.54, 1.807) is 22.7 Å². The molecule has 2 aromatic carbocycles. The van der Waals surface area contributed by atoms with Crippen LogP contribution < -0.4 is 5.32 Å². The monoisotopic (exact) mass is 507 g/mol. The summed E-state index contributed by atoms with van der Waals surface area (Å²) in [4.78, 5) is 29.2. The van der Waals surface area contributed by atoms with Crippen molar-refractivity contribution in [2.24, 2.45) is 4.99 Å². The largest absolute Gasteiger partial charge is 0.345 e. The van der Waals surface area contributed by atoms with E-state index in [1.165, 1.54) is 12.8 Å². The van der Waals surface area contributed by atoms with Gasteiger partial charge in [-0.3, -0.25) is 14.6 Å². The first-order valence-corrected chi connectivity index (χ1v) is 12.6. The molecule has 0 unspecified atom stereocenters. The molecule has 0 atom stereocenters. The number of thioether (sulfide) groups is 2. The molecule has 5 nitrogen and oxygen atoms in total. The molecule has 0 saturated carbocycles. The van der Waals surface area contributed by atoms with Gasteiger partial charge < -0.3 is 10.2 Å². The first kappa shape index (κ1) is 24.5. The number of hydrogen-bond acceptors (Lipinski definition) is 5. The number of halogens is 1. The third-order valence-corrected chi connectivity index (χ3v) is 7.17. The number of carbonyl (C=O) groups excluding carboxylic acids is 2. The van der Waals surface area contributed by atoms with E-state index in [0.717, 1.165) is 51.1 Å². The number of benzene rings is 2. The van der Waals surface area contributed by atoms with Gasteiger partial charge in [0.15, 0.2) is 0 Å². The summed E-state index contributed by atoms with van der Waals surface area (Å²) >= 11 is 6.95. The molecule has 0 spiro atoms.